The zero-order valence-electron chi connectivity index (χ0n) is 14.7. The maximum absolute atomic E-state index is 12.1. The Bertz CT molecular complexity index is 869. The smallest absolute Gasteiger partial charge is 0.325 e. The molecule has 132 valence electrons. The van der Waals surface area contributed by atoms with Gasteiger partial charge >= 0.3 is 6.03 Å². The number of carbonyl (C=O) groups is 3. The zero-order chi connectivity index (χ0) is 18.1. The molecule has 0 saturated carbocycles. The van der Waals surface area contributed by atoms with E-state index >= 15 is 0 Å². The minimum absolute atomic E-state index is 0.0728. The minimum atomic E-state index is -0.523. The summed E-state index contributed by atoms with van der Waals surface area (Å²) in [4.78, 5) is 39.4. The molecular formula is C18H22N4O3. The van der Waals surface area contributed by atoms with Gasteiger partial charge in [0.15, 0.2) is 0 Å². The van der Waals surface area contributed by atoms with Gasteiger partial charge in [-0.3, -0.25) is 14.9 Å². The van der Waals surface area contributed by atoms with E-state index in [0.29, 0.717) is 6.54 Å². The highest BCUT2D eigenvalue weighted by molar-refractivity contribution is 6.03. The lowest BCUT2D eigenvalue weighted by Gasteiger charge is -2.13. The van der Waals surface area contributed by atoms with Crippen molar-refractivity contribution in [3.8, 4) is 0 Å². The lowest BCUT2D eigenvalue weighted by molar-refractivity contribution is -0.122. The molecule has 1 aromatic carbocycles. The largest absolute Gasteiger partial charge is 0.358 e. The zero-order valence-corrected chi connectivity index (χ0v) is 14.7. The predicted molar refractivity (Wildman–Crippen MR) is 94.1 cm³/mol. The van der Waals surface area contributed by atoms with Crippen molar-refractivity contribution >= 4 is 28.7 Å². The second-order valence-corrected chi connectivity index (χ2v) is 6.41. The number of hydrogen-bond donors (Lipinski definition) is 3. The summed E-state index contributed by atoms with van der Waals surface area (Å²) in [5, 5.41) is 6.16. The monoisotopic (exact) mass is 342 g/mol. The van der Waals surface area contributed by atoms with Crippen molar-refractivity contribution in [3.63, 3.8) is 0 Å². The summed E-state index contributed by atoms with van der Waals surface area (Å²) in [5.41, 5.74) is 5.61. The number of aryl methyl sites for hydroxylation is 3. The SMILES string of the molecule is CCc1[nH]c2c(CNC(=O)CN3CC(=O)NC3=O)cc(C)cc2c1C. The van der Waals surface area contributed by atoms with Gasteiger partial charge in [-0.2, -0.15) is 0 Å². The van der Waals surface area contributed by atoms with Crippen LogP contribution in [0.2, 0.25) is 0 Å². The van der Waals surface area contributed by atoms with Gasteiger partial charge in [0.25, 0.3) is 0 Å². The third-order valence-corrected chi connectivity index (χ3v) is 4.53. The molecule has 0 unspecified atom stereocenters. The van der Waals surface area contributed by atoms with Gasteiger partial charge in [-0.05, 0) is 37.5 Å². The summed E-state index contributed by atoms with van der Waals surface area (Å²) in [6.07, 6.45) is 0.920. The van der Waals surface area contributed by atoms with Gasteiger partial charge in [0.2, 0.25) is 11.8 Å². The van der Waals surface area contributed by atoms with Crippen molar-refractivity contribution in [1.29, 1.82) is 0 Å². The standard InChI is InChI=1S/C18H22N4O3/c1-4-14-11(3)13-6-10(2)5-12(17(13)20-14)7-19-15(23)8-22-9-16(24)21-18(22)25/h5-6,20H,4,7-9H2,1-3H3,(H,19,23)(H,21,24,25). The van der Waals surface area contributed by atoms with E-state index in [9.17, 15) is 14.4 Å². The number of aromatic nitrogens is 1. The molecule has 7 heteroatoms. The maximum Gasteiger partial charge on any atom is 0.325 e. The number of benzene rings is 1. The van der Waals surface area contributed by atoms with E-state index in [2.05, 4.69) is 35.5 Å². The molecule has 7 nitrogen and oxygen atoms in total. The Kier molecular flexibility index (Phi) is 4.48. The number of nitrogens with zero attached hydrogens (tertiary/aromatic N) is 1. The molecule has 25 heavy (non-hydrogen) atoms. The highest BCUT2D eigenvalue weighted by atomic mass is 16.2. The fourth-order valence-corrected chi connectivity index (χ4v) is 3.24. The Morgan fingerprint density at radius 3 is 2.68 bits per heavy atom. The van der Waals surface area contributed by atoms with Crippen molar-refractivity contribution in [1.82, 2.24) is 20.5 Å². The first kappa shape index (κ1) is 17.0. The van der Waals surface area contributed by atoms with E-state index in [4.69, 9.17) is 0 Å². The normalized spacial score (nSPS) is 14.3. The first-order valence-corrected chi connectivity index (χ1v) is 8.35. The Balaban J connectivity index is 1.73. The molecule has 0 aliphatic carbocycles. The summed E-state index contributed by atoms with van der Waals surface area (Å²) in [6, 6.07) is 3.67. The molecular weight excluding hydrogens is 320 g/mol. The number of fused-ring (bicyclic) bond motifs is 1. The number of hydrogen-bond acceptors (Lipinski definition) is 3. The van der Waals surface area contributed by atoms with E-state index in [1.807, 2.05) is 13.0 Å². The van der Waals surface area contributed by atoms with Crippen LogP contribution in [0.25, 0.3) is 10.9 Å². The molecule has 3 N–H and O–H groups in total. The molecule has 1 saturated heterocycles. The van der Waals surface area contributed by atoms with Gasteiger partial charge in [0.05, 0.1) is 5.52 Å². The van der Waals surface area contributed by atoms with Crippen LogP contribution in [-0.4, -0.2) is 40.8 Å². The molecule has 0 atom stereocenters. The third kappa shape index (κ3) is 3.35. The lowest BCUT2D eigenvalue weighted by atomic mass is 10.0. The van der Waals surface area contributed by atoms with Gasteiger partial charge in [0.1, 0.15) is 13.1 Å². The van der Waals surface area contributed by atoms with Crippen LogP contribution in [0.1, 0.15) is 29.3 Å². The molecule has 1 aromatic heterocycles. The Morgan fingerprint density at radius 1 is 1.28 bits per heavy atom. The van der Waals surface area contributed by atoms with Crippen molar-refractivity contribution < 1.29 is 14.4 Å². The van der Waals surface area contributed by atoms with Gasteiger partial charge in [-0.15, -0.1) is 0 Å². The van der Waals surface area contributed by atoms with E-state index in [1.54, 1.807) is 0 Å². The topological polar surface area (TPSA) is 94.3 Å². The second kappa shape index (κ2) is 6.58. The molecule has 2 aromatic rings. The fraction of sp³-hybridized carbons (Fsp3) is 0.389. The van der Waals surface area contributed by atoms with E-state index < -0.39 is 6.03 Å². The minimum Gasteiger partial charge on any atom is -0.358 e. The van der Waals surface area contributed by atoms with Crippen LogP contribution in [-0.2, 0) is 22.6 Å². The number of H-pyrrole nitrogens is 1. The molecule has 4 amide bonds. The quantitative estimate of drug-likeness (QED) is 0.719. The molecule has 1 fully saturated rings. The van der Waals surface area contributed by atoms with E-state index in [0.717, 1.165) is 23.1 Å². The average molecular weight is 342 g/mol. The number of rotatable bonds is 5. The van der Waals surface area contributed by atoms with Crippen molar-refractivity contribution in [2.24, 2.45) is 0 Å². The molecule has 0 spiro atoms. The first-order valence-electron chi connectivity index (χ1n) is 8.35. The number of imide groups is 1. The lowest BCUT2D eigenvalue weighted by Crippen LogP contribution is -2.38. The van der Waals surface area contributed by atoms with Gasteiger partial charge in [-0.25, -0.2) is 4.79 Å². The van der Waals surface area contributed by atoms with Crippen molar-refractivity contribution in [3.05, 3.63) is 34.5 Å². The summed E-state index contributed by atoms with van der Waals surface area (Å²) >= 11 is 0. The van der Waals surface area contributed by atoms with Crippen LogP contribution in [0.3, 0.4) is 0 Å². The summed E-state index contributed by atoms with van der Waals surface area (Å²) < 4.78 is 0. The average Bonchev–Trinajstić information content (AvgIpc) is 3.04. The second-order valence-electron chi connectivity index (χ2n) is 6.41. The Labute approximate surface area is 145 Å². The van der Waals surface area contributed by atoms with E-state index in [-0.39, 0.29) is 24.9 Å². The van der Waals surface area contributed by atoms with Gasteiger partial charge < -0.3 is 15.2 Å². The number of carbonyl (C=O) groups excluding carboxylic acids is 3. The Hall–Kier alpha value is -2.83. The number of aromatic amines is 1. The van der Waals surface area contributed by atoms with Crippen LogP contribution < -0.4 is 10.6 Å². The molecule has 0 bridgehead atoms. The van der Waals surface area contributed by atoms with Crippen LogP contribution in [0.5, 0.6) is 0 Å². The molecule has 1 aliphatic rings. The molecule has 3 rings (SSSR count). The number of urea groups is 1. The third-order valence-electron chi connectivity index (χ3n) is 4.53. The first-order chi connectivity index (χ1) is 11.9. The van der Waals surface area contributed by atoms with Crippen LogP contribution in [0.15, 0.2) is 12.1 Å². The number of amides is 4. The van der Waals surface area contributed by atoms with Crippen LogP contribution in [0, 0.1) is 13.8 Å². The van der Waals surface area contributed by atoms with Crippen LogP contribution in [0.4, 0.5) is 4.79 Å². The molecule has 1 aliphatic heterocycles. The summed E-state index contributed by atoms with van der Waals surface area (Å²) in [7, 11) is 0. The highest BCUT2D eigenvalue weighted by Crippen LogP contribution is 2.26. The highest BCUT2D eigenvalue weighted by Gasteiger charge is 2.28. The maximum atomic E-state index is 12.1. The van der Waals surface area contributed by atoms with Crippen molar-refractivity contribution in [2.45, 2.75) is 33.7 Å². The molecule has 2 heterocycles. The van der Waals surface area contributed by atoms with Gasteiger partial charge in [0, 0.05) is 17.6 Å². The summed E-state index contributed by atoms with van der Waals surface area (Å²) in [5.74, 6) is -0.675. The van der Waals surface area contributed by atoms with Gasteiger partial charge in [-0.1, -0.05) is 18.6 Å². The predicted octanol–water partition coefficient (Wildman–Crippen LogP) is 1.52. The Morgan fingerprint density at radius 2 is 2.04 bits per heavy atom. The number of nitrogens with one attached hydrogen (secondary N) is 3. The van der Waals surface area contributed by atoms with Crippen LogP contribution >= 0.6 is 0 Å². The van der Waals surface area contributed by atoms with E-state index in [1.165, 1.54) is 21.5 Å². The fourth-order valence-electron chi connectivity index (χ4n) is 3.24. The summed E-state index contributed by atoms with van der Waals surface area (Å²) in [6.45, 7) is 6.40. The van der Waals surface area contributed by atoms with Crippen molar-refractivity contribution in [2.75, 3.05) is 13.1 Å². The molecule has 0 radical (unpaired) electrons.